The van der Waals surface area contributed by atoms with E-state index in [1.54, 1.807) is 24.3 Å². The van der Waals surface area contributed by atoms with Crippen molar-refractivity contribution >= 4 is 23.2 Å². The highest BCUT2D eigenvalue weighted by Crippen LogP contribution is 2.33. The third-order valence-corrected chi connectivity index (χ3v) is 4.50. The third-order valence-electron chi connectivity index (χ3n) is 4.50. The van der Waals surface area contributed by atoms with E-state index >= 15 is 0 Å². The second-order valence-corrected chi connectivity index (χ2v) is 6.60. The number of fused-ring (bicyclic) bond motifs is 1. The molecule has 0 atom stereocenters. The van der Waals surface area contributed by atoms with Crippen molar-refractivity contribution in [1.82, 2.24) is 0 Å². The molecule has 0 radical (unpaired) electrons. The number of nitrogens with one attached hydrogen (secondary N) is 2. The average Bonchev–Trinajstić information content (AvgIpc) is 3.21. The van der Waals surface area contributed by atoms with Gasteiger partial charge in [-0.05, 0) is 48.5 Å². The number of hydrogen-bond acceptors (Lipinski definition) is 4. The van der Waals surface area contributed by atoms with Crippen LogP contribution in [-0.4, -0.2) is 18.6 Å². The van der Waals surface area contributed by atoms with Crippen LogP contribution in [0.1, 0.15) is 26.3 Å². The van der Waals surface area contributed by atoms with Crippen LogP contribution in [0.15, 0.2) is 66.7 Å². The van der Waals surface area contributed by atoms with Gasteiger partial charge < -0.3 is 20.1 Å². The van der Waals surface area contributed by atoms with Crippen LogP contribution >= 0.6 is 0 Å². The average molecular weight is 428 g/mol. The van der Waals surface area contributed by atoms with Crippen molar-refractivity contribution in [3.05, 3.63) is 83.4 Å². The van der Waals surface area contributed by atoms with Crippen LogP contribution in [-0.2, 0) is 6.18 Å². The number of amides is 2. The van der Waals surface area contributed by atoms with E-state index in [0.29, 0.717) is 11.5 Å². The number of halogens is 3. The van der Waals surface area contributed by atoms with E-state index < -0.39 is 23.6 Å². The minimum Gasteiger partial charge on any atom is -0.454 e. The first-order chi connectivity index (χ1) is 14.8. The van der Waals surface area contributed by atoms with Gasteiger partial charge in [-0.15, -0.1) is 0 Å². The molecule has 0 fully saturated rings. The van der Waals surface area contributed by atoms with Crippen molar-refractivity contribution in [3.63, 3.8) is 0 Å². The van der Waals surface area contributed by atoms with E-state index in [2.05, 4.69) is 10.6 Å². The lowest BCUT2D eigenvalue weighted by atomic mass is 10.1. The molecule has 0 bridgehead atoms. The number of anilines is 2. The molecular formula is C22H15F3N2O4. The van der Waals surface area contributed by atoms with Crippen LogP contribution in [0.25, 0.3) is 0 Å². The molecule has 0 aromatic heterocycles. The molecule has 0 unspecified atom stereocenters. The lowest BCUT2D eigenvalue weighted by molar-refractivity contribution is -0.137. The molecule has 0 saturated carbocycles. The van der Waals surface area contributed by atoms with Gasteiger partial charge in [0.1, 0.15) is 0 Å². The summed E-state index contributed by atoms with van der Waals surface area (Å²) in [4.78, 5) is 25.3. The molecule has 158 valence electrons. The zero-order chi connectivity index (χ0) is 22.0. The highest BCUT2D eigenvalue weighted by molar-refractivity contribution is 6.12. The second-order valence-electron chi connectivity index (χ2n) is 6.60. The summed E-state index contributed by atoms with van der Waals surface area (Å²) in [5, 5.41) is 5.08. The fourth-order valence-corrected chi connectivity index (χ4v) is 2.99. The Morgan fingerprint density at radius 1 is 0.806 bits per heavy atom. The molecule has 4 rings (SSSR count). The maximum absolute atomic E-state index is 12.9. The summed E-state index contributed by atoms with van der Waals surface area (Å²) in [6.45, 7) is 0.0684. The zero-order valence-corrected chi connectivity index (χ0v) is 15.8. The highest BCUT2D eigenvalue weighted by atomic mass is 19.4. The molecule has 0 saturated heterocycles. The summed E-state index contributed by atoms with van der Waals surface area (Å²) in [6, 6.07) is 15.1. The van der Waals surface area contributed by atoms with Gasteiger partial charge in [0.2, 0.25) is 6.79 Å². The topological polar surface area (TPSA) is 76.7 Å². The Hall–Kier alpha value is -4.01. The van der Waals surface area contributed by atoms with Gasteiger partial charge in [-0.25, -0.2) is 0 Å². The van der Waals surface area contributed by atoms with Crippen LogP contribution in [0, 0.1) is 0 Å². The number of ether oxygens (including phenoxy) is 2. The molecular weight excluding hydrogens is 413 g/mol. The van der Waals surface area contributed by atoms with Gasteiger partial charge in [0, 0.05) is 11.3 Å². The first-order valence-electron chi connectivity index (χ1n) is 9.10. The second kappa shape index (κ2) is 8.02. The quantitative estimate of drug-likeness (QED) is 0.617. The Bertz CT molecular complexity index is 1160. The summed E-state index contributed by atoms with van der Waals surface area (Å²) < 4.78 is 49.2. The summed E-state index contributed by atoms with van der Waals surface area (Å²) in [5.41, 5.74) is -0.313. The molecule has 9 heteroatoms. The van der Waals surface area contributed by atoms with E-state index in [1.165, 1.54) is 30.3 Å². The molecule has 1 aliphatic rings. The van der Waals surface area contributed by atoms with E-state index in [0.717, 1.165) is 12.1 Å². The molecule has 3 aromatic rings. The number of hydrogen-bond donors (Lipinski definition) is 2. The van der Waals surface area contributed by atoms with E-state index in [4.69, 9.17) is 9.47 Å². The molecule has 6 nitrogen and oxygen atoms in total. The zero-order valence-electron chi connectivity index (χ0n) is 15.8. The fourth-order valence-electron chi connectivity index (χ4n) is 2.99. The van der Waals surface area contributed by atoms with E-state index in [9.17, 15) is 22.8 Å². The SMILES string of the molecule is O=C(Nc1ccccc1C(=O)Nc1cccc(C(F)(F)F)c1)c1ccc2c(c1)OCO2. The number of alkyl halides is 3. The summed E-state index contributed by atoms with van der Waals surface area (Å²) in [7, 11) is 0. The van der Waals surface area contributed by atoms with Crippen LogP contribution in [0.5, 0.6) is 11.5 Å². The molecule has 31 heavy (non-hydrogen) atoms. The minimum absolute atomic E-state index is 0.0169. The Morgan fingerprint density at radius 3 is 2.39 bits per heavy atom. The number of carbonyl (C=O) groups is 2. The van der Waals surface area contributed by atoms with Crippen molar-refractivity contribution in [3.8, 4) is 11.5 Å². The van der Waals surface area contributed by atoms with Gasteiger partial charge in [-0.3, -0.25) is 9.59 Å². The van der Waals surface area contributed by atoms with Crippen molar-refractivity contribution in [2.45, 2.75) is 6.18 Å². The van der Waals surface area contributed by atoms with Crippen LogP contribution in [0.4, 0.5) is 24.5 Å². The summed E-state index contributed by atoms with van der Waals surface area (Å²) in [5.74, 6) is -0.195. The number of rotatable bonds is 4. The molecule has 3 aromatic carbocycles. The Morgan fingerprint density at radius 2 is 1.58 bits per heavy atom. The predicted octanol–water partition coefficient (Wildman–Crippen LogP) is 4.94. The summed E-state index contributed by atoms with van der Waals surface area (Å²) >= 11 is 0. The fraction of sp³-hybridized carbons (Fsp3) is 0.0909. The van der Waals surface area contributed by atoms with Crippen molar-refractivity contribution in [1.29, 1.82) is 0 Å². The third kappa shape index (κ3) is 4.45. The minimum atomic E-state index is -4.53. The van der Waals surface area contributed by atoms with E-state index in [-0.39, 0.29) is 29.3 Å². The normalized spacial score (nSPS) is 12.4. The maximum atomic E-state index is 12.9. The van der Waals surface area contributed by atoms with Crippen LogP contribution in [0.2, 0.25) is 0 Å². The standard InChI is InChI=1S/C22H15F3N2O4/c23-22(24,25)14-4-3-5-15(11-14)26-21(29)16-6-1-2-7-17(16)27-20(28)13-8-9-18-19(10-13)31-12-30-18/h1-11H,12H2,(H,26,29)(H,27,28). The molecule has 1 aliphatic heterocycles. The molecule has 0 aliphatic carbocycles. The van der Waals surface area contributed by atoms with Gasteiger partial charge >= 0.3 is 6.18 Å². The van der Waals surface area contributed by atoms with Gasteiger partial charge in [0.05, 0.1) is 16.8 Å². The van der Waals surface area contributed by atoms with E-state index in [1.807, 2.05) is 0 Å². The number of carbonyl (C=O) groups excluding carboxylic acids is 2. The molecule has 1 heterocycles. The first kappa shape index (κ1) is 20.3. The smallest absolute Gasteiger partial charge is 0.416 e. The molecule has 2 N–H and O–H groups in total. The van der Waals surface area contributed by atoms with Crippen molar-refractivity contribution < 1.29 is 32.2 Å². The Kier molecular flexibility index (Phi) is 5.24. The Balaban J connectivity index is 1.53. The first-order valence-corrected chi connectivity index (χ1v) is 9.10. The molecule has 0 spiro atoms. The van der Waals surface area contributed by atoms with Gasteiger partial charge in [0.25, 0.3) is 11.8 Å². The number of para-hydroxylation sites is 1. The van der Waals surface area contributed by atoms with Gasteiger partial charge in [0.15, 0.2) is 11.5 Å². The van der Waals surface area contributed by atoms with Crippen LogP contribution < -0.4 is 20.1 Å². The monoisotopic (exact) mass is 428 g/mol. The predicted molar refractivity (Wildman–Crippen MR) is 106 cm³/mol. The highest BCUT2D eigenvalue weighted by Gasteiger charge is 2.30. The lowest BCUT2D eigenvalue weighted by Crippen LogP contribution is -2.18. The van der Waals surface area contributed by atoms with Crippen LogP contribution in [0.3, 0.4) is 0 Å². The van der Waals surface area contributed by atoms with Gasteiger partial charge in [-0.1, -0.05) is 18.2 Å². The lowest BCUT2D eigenvalue weighted by Gasteiger charge is -2.13. The van der Waals surface area contributed by atoms with Gasteiger partial charge in [-0.2, -0.15) is 13.2 Å². The maximum Gasteiger partial charge on any atom is 0.416 e. The summed E-state index contributed by atoms with van der Waals surface area (Å²) in [6.07, 6.45) is -4.53. The van der Waals surface area contributed by atoms with Crippen molar-refractivity contribution in [2.75, 3.05) is 17.4 Å². The Labute approximate surface area is 174 Å². The number of benzene rings is 3. The molecule has 2 amide bonds. The largest absolute Gasteiger partial charge is 0.454 e. The van der Waals surface area contributed by atoms with Crippen molar-refractivity contribution in [2.24, 2.45) is 0 Å².